The molecule has 1 aromatic carbocycles. The van der Waals surface area contributed by atoms with Crippen LogP contribution in [0, 0.1) is 11.6 Å². The first kappa shape index (κ1) is 13.7. The zero-order valence-electron chi connectivity index (χ0n) is 11.4. The van der Waals surface area contributed by atoms with Gasteiger partial charge in [0.25, 0.3) is 5.91 Å². The van der Waals surface area contributed by atoms with Crippen LogP contribution in [0.4, 0.5) is 8.78 Å². The lowest BCUT2D eigenvalue weighted by Crippen LogP contribution is -2.39. The van der Waals surface area contributed by atoms with E-state index in [0.29, 0.717) is 13.1 Å². The van der Waals surface area contributed by atoms with Gasteiger partial charge in [0.05, 0.1) is 5.56 Å². The minimum atomic E-state index is -0.816. The number of aromatic nitrogens is 2. The van der Waals surface area contributed by atoms with Crippen molar-refractivity contribution in [2.45, 2.75) is 18.8 Å². The highest BCUT2D eigenvalue weighted by Crippen LogP contribution is 2.26. The van der Waals surface area contributed by atoms with Crippen molar-refractivity contribution >= 4 is 5.91 Å². The molecule has 6 heteroatoms. The van der Waals surface area contributed by atoms with Crippen LogP contribution in [0.1, 0.15) is 34.8 Å². The van der Waals surface area contributed by atoms with Crippen molar-refractivity contribution in [3.05, 3.63) is 53.4 Å². The summed E-state index contributed by atoms with van der Waals surface area (Å²) in [6, 6.07) is 4.93. The molecule has 3 rings (SSSR count). The number of carbonyl (C=O) groups is 1. The molecule has 1 aliphatic heterocycles. The van der Waals surface area contributed by atoms with E-state index < -0.39 is 17.5 Å². The van der Waals surface area contributed by atoms with Crippen LogP contribution < -0.4 is 0 Å². The molecule has 1 saturated heterocycles. The molecule has 1 fully saturated rings. The molecule has 1 atom stereocenters. The predicted octanol–water partition coefficient (Wildman–Crippen LogP) is 2.71. The summed E-state index contributed by atoms with van der Waals surface area (Å²) in [6.45, 7) is 1.10. The van der Waals surface area contributed by atoms with Gasteiger partial charge >= 0.3 is 0 Å². The maximum absolute atomic E-state index is 13.7. The fraction of sp³-hybridized carbons (Fsp3) is 0.333. The van der Waals surface area contributed by atoms with Crippen molar-refractivity contribution < 1.29 is 13.6 Å². The molecule has 1 N–H and O–H groups in total. The molecule has 1 aromatic heterocycles. The Labute approximate surface area is 120 Å². The van der Waals surface area contributed by atoms with E-state index in [9.17, 15) is 13.6 Å². The first-order chi connectivity index (χ1) is 10.1. The average Bonchev–Trinajstić information content (AvgIpc) is 3.01. The van der Waals surface area contributed by atoms with Crippen LogP contribution in [0.2, 0.25) is 0 Å². The molecule has 110 valence electrons. The van der Waals surface area contributed by atoms with E-state index in [4.69, 9.17) is 0 Å². The molecular formula is C15H15F2N3O. The van der Waals surface area contributed by atoms with Crippen LogP contribution in [-0.4, -0.2) is 34.1 Å². The Balaban J connectivity index is 1.78. The van der Waals surface area contributed by atoms with Crippen molar-refractivity contribution in [1.82, 2.24) is 15.1 Å². The van der Waals surface area contributed by atoms with Gasteiger partial charge in [-0.15, -0.1) is 0 Å². The number of hydrogen-bond donors (Lipinski definition) is 1. The molecule has 0 spiro atoms. The lowest BCUT2D eigenvalue weighted by atomic mass is 9.94. The van der Waals surface area contributed by atoms with Gasteiger partial charge < -0.3 is 4.90 Å². The van der Waals surface area contributed by atoms with Crippen LogP contribution in [0.15, 0.2) is 30.5 Å². The lowest BCUT2D eigenvalue weighted by Gasteiger charge is -2.32. The third kappa shape index (κ3) is 2.79. The Hall–Kier alpha value is -2.24. The van der Waals surface area contributed by atoms with Gasteiger partial charge in [-0.05, 0) is 31.0 Å². The smallest absolute Gasteiger partial charge is 0.256 e. The van der Waals surface area contributed by atoms with Gasteiger partial charge in [-0.2, -0.15) is 5.10 Å². The van der Waals surface area contributed by atoms with E-state index in [1.807, 2.05) is 6.07 Å². The number of rotatable bonds is 2. The number of benzene rings is 1. The molecule has 2 heterocycles. The number of nitrogens with one attached hydrogen (secondary N) is 1. The Morgan fingerprint density at radius 3 is 2.90 bits per heavy atom. The van der Waals surface area contributed by atoms with E-state index in [-0.39, 0.29) is 11.5 Å². The summed E-state index contributed by atoms with van der Waals surface area (Å²) in [7, 11) is 0. The van der Waals surface area contributed by atoms with E-state index >= 15 is 0 Å². The predicted molar refractivity (Wildman–Crippen MR) is 72.8 cm³/mol. The second-order valence-corrected chi connectivity index (χ2v) is 5.23. The number of hydrogen-bond acceptors (Lipinski definition) is 2. The van der Waals surface area contributed by atoms with Crippen LogP contribution in [0.25, 0.3) is 0 Å². The number of halogens is 2. The first-order valence-corrected chi connectivity index (χ1v) is 6.89. The van der Waals surface area contributed by atoms with Gasteiger partial charge in [-0.25, -0.2) is 8.78 Å². The highest BCUT2D eigenvalue weighted by Gasteiger charge is 2.27. The number of nitrogens with zero attached hydrogens (tertiary/aromatic N) is 2. The summed E-state index contributed by atoms with van der Waals surface area (Å²) in [5.74, 6) is -1.72. The second-order valence-electron chi connectivity index (χ2n) is 5.23. The highest BCUT2D eigenvalue weighted by molar-refractivity contribution is 5.94. The molecule has 2 aromatic rings. The molecule has 0 radical (unpaired) electrons. The third-order valence-electron chi connectivity index (χ3n) is 3.83. The SMILES string of the molecule is O=C(c1ccc(F)cc1F)N1CCC[C@H](c2ccn[nH]2)C1. The second kappa shape index (κ2) is 5.63. The standard InChI is InChI=1S/C15H15F2N3O/c16-11-3-4-12(13(17)8-11)15(21)20-7-1-2-10(9-20)14-5-6-18-19-14/h3-6,8,10H,1-2,7,9H2,(H,18,19)/t10-/m0/s1. The summed E-state index contributed by atoms with van der Waals surface area (Å²) in [5, 5.41) is 6.83. The Kier molecular flexibility index (Phi) is 3.68. The first-order valence-electron chi connectivity index (χ1n) is 6.89. The quantitative estimate of drug-likeness (QED) is 0.925. The zero-order valence-corrected chi connectivity index (χ0v) is 11.4. The van der Waals surface area contributed by atoms with E-state index in [2.05, 4.69) is 10.2 Å². The maximum Gasteiger partial charge on any atom is 0.256 e. The van der Waals surface area contributed by atoms with Gasteiger partial charge in [-0.3, -0.25) is 9.89 Å². The lowest BCUT2D eigenvalue weighted by molar-refractivity contribution is 0.0701. The zero-order chi connectivity index (χ0) is 14.8. The number of aromatic amines is 1. The highest BCUT2D eigenvalue weighted by atomic mass is 19.1. The third-order valence-corrected chi connectivity index (χ3v) is 3.83. The summed E-state index contributed by atoms with van der Waals surface area (Å²) in [5.41, 5.74) is 0.897. The molecule has 1 aliphatic rings. The van der Waals surface area contributed by atoms with Gasteiger partial charge in [0.2, 0.25) is 0 Å². The number of carbonyl (C=O) groups excluding carboxylic acids is 1. The number of H-pyrrole nitrogens is 1. The Morgan fingerprint density at radius 2 is 2.19 bits per heavy atom. The molecule has 0 aliphatic carbocycles. The van der Waals surface area contributed by atoms with Crippen LogP contribution in [-0.2, 0) is 0 Å². The van der Waals surface area contributed by atoms with Crippen molar-refractivity contribution in [2.75, 3.05) is 13.1 Å². The molecule has 1 amide bonds. The van der Waals surface area contributed by atoms with Gasteiger partial charge in [0, 0.05) is 37.0 Å². The molecule has 0 saturated carbocycles. The normalized spacial score (nSPS) is 18.8. The van der Waals surface area contributed by atoms with Gasteiger partial charge in [-0.1, -0.05) is 0 Å². The van der Waals surface area contributed by atoms with E-state index in [1.165, 1.54) is 6.07 Å². The average molecular weight is 291 g/mol. The number of piperidine rings is 1. The number of amides is 1. The van der Waals surface area contributed by atoms with E-state index in [1.54, 1.807) is 11.1 Å². The van der Waals surface area contributed by atoms with Crippen molar-refractivity contribution in [3.63, 3.8) is 0 Å². The molecule has 0 unspecified atom stereocenters. The van der Waals surface area contributed by atoms with Crippen LogP contribution >= 0.6 is 0 Å². The fourth-order valence-corrected chi connectivity index (χ4v) is 2.74. The van der Waals surface area contributed by atoms with Crippen LogP contribution in [0.5, 0.6) is 0 Å². The van der Waals surface area contributed by atoms with Gasteiger partial charge in [0.15, 0.2) is 0 Å². The molecule has 21 heavy (non-hydrogen) atoms. The maximum atomic E-state index is 13.7. The van der Waals surface area contributed by atoms with E-state index in [0.717, 1.165) is 30.7 Å². The van der Waals surface area contributed by atoms with Crippen LogP contribution in [0.3, 0.4) is 0 Å². The Bertz CT molecular complexity index is 642. The summed E-state index contributed by atoms with van der Waals surface area (Å²) in [6.07, 6.45) is 3.48. The monoisotopic (exact) mass is 291 g/mol. The number of likely N-dealkylation sites (tertiary alicyclic amines) is 1. The fourth-order valence-electron chi connectivity index (χ4n) is 2.74. The molecule has 0 bridgehead atoms. The Morgan fingerprint density at radius 1 is 1.33 bits per heavy atom. The summed E-state index contributed by atoms with van der Waals surface area (Å²) in [4.78, 5) is 14.0. The summed E-state index contributed by atoms with van der Waals surface area (Å²) < 4.78 is 26.6. The van der Waals surface area contributed by atoms with Crippen molar-refractivity contribution in [2.24, 2.45) is 0 Å². The topological polar surface area (TPSA) is 49.0 Å². The summed E-state index contributed by atoms with van der Waals surface area (Å²) >= 11 is 0. The van der Waals surface area contributed by atoms with Crippen molar-refractivity contribution in [3.8, 4) is 0 Å². The van der Waals surface area contributed by atoms with Crippen molar-refractivity contribution in [1.29, 1.82) is 0 Å². The molecular weight excluding hydrogens is 276 g/mol. The molecule has 4 nitrogen and oxygen atoms in total. The minimum Gasteiger partial charge on any atom is -0.338 e. The minimum absolute atomic E-state index is 0.0818. The largest absolute Gasteiger partial charge is 0.338 e. The van der Waals surface area contributed by atoms with Gasteiger partial charge in [0.1, 0.15) is 11.6 Å².